The molecule has 0 bridgehead atoms. The molecule has 0 unspecified atom stereocenters. The monoisotopic (exact) mass is 292 g/mol. The number of aromatic nitrogens is 2. The van der Waals surface area contributed by atoms with E-state index in [9.17, 15) is 0 Å². The number of hydrogen-bond donors (Lipinski definition) is 1. The SMILES string of the molecule is CC(C)Cc1nc2c(n1CCCN(C)C(C)C)CCNC2. The predicted molar refractivity (Wildman–Crippen MR) is 88.6 cm³/mol. The lowest BCUT2D eigenvalue weighted by Gasteiger charge is -2.22. The van der Waals surface area contributed by atoms with Crippen molar-refractivity contribution in [2.45, 2.75) is 66.1 Å². The molecule has 1 aromatic heterocycles. The Balaban J connectivity index is 2.06. The van der Waals surface area contributed by atoms with Crippen molar-refractivity contribution in [2.24, 2.45) is 5.92 Å². The van der Waals surface area contributed by atoms with E-state index in [-0.39, 0.29) is 0 Å². The highest BCUT2D eigenvalue weighted by Crippen LogP contribution is 2.19. The summed E-state index contributed by atoms with van der Waals surface area (Å²) < 4.78 is 2.52. The molecule has 1 aliphatic rings. The Kier molecular flexibility index (Phi) is 5.82. The second-order valence-corrected chi connectivity index (χ2v) is 7.03. The topological polar surface area (TPSA) is 33.1 Å². The maximum absolute atomic E-state index is 4.91. The summed E-state index contributed by atoms with van der Waals surface area (Å²) in [6.45, 7) is 13.4. The van der Waals surface area contributed by atoms with Gasteiger partial charge in [-0.2, -0.15) is 0 Å². The molecule has 1 N–H and O–H groups in total. The van der Waals surface area contributed by atoms with Crippen LogP contribution in [0.5, 0.6) is 0 Å². The molecule has 2 heterocycles. The van der Waals surface area contributed by atoms with Crippen LogP contribution in [0.3, 0.4) is 0 Å². The van der Waals surface area contributed by atoms with Gasteiger partial charge in [-0.3, -0.25) is 0 Å². The van der Waals surface area contributed by atoms with Gasteiger partial charge in [0.1, 0.15) is 5.82 Å². The van der Waals surface area contributed by atoms with Crippen molar-refractivity contribution in [3.63, 3.8) is 0 Å². The normalized spacial score (nSPS) is 15.2. The average Bonchev–Trinajstić information content (AvgIpc) is 2.75. The molecule has 4 nitrogen and oxygen atoms in total. The summed E-state index contributed by atoms with van der Waals surface area (Å²) in [7, 11) is 2.22. The van der Waals surface area contributed by atoms with Gasteiger partial charge in [-0.15, -0.1) is 0 Å². The Morgan fingerprint density at radius 2 is 2.05 bits per heavy atom. The first kappa shape index (κ1) is 16.5. The van der Waals surface area contributed by atoms with Gasteiger partial charge in [0.05, 0.1) is 5.69 Å². The maximum Gasteiger partial charge on any atom is 0.109 e. The molecule has 0 aromatic carbocycles. The fourth-order valence-corrected chi connectivity index (χ4v) is 2.95. The highest BCUT2D eigenvalue weighted by Gasteiger charge is 2.20. The van der Waals surface area contributed by atoms with Crippen LogP contribution >= 0.6 is 0 Å². The van der Waals surface area contributed by atoms with Crippen LogP contribution in [0, 0.1) is 5.92 Å². The zero-order valence-corrected chi connectivity index (χ0v) is 14.4. The molecule has 120 valence electrons. The molecule has 0 saturated carbocycles. The summed E-state index contributed by atoms with van der Waals surface area (Å²) >= 11 is 0. The lowest BCUT2D eigenvalue weighted by atomic mass is 10.1. The summed E-state index contributed by atoms with van der Waals surface area (Å²) in [5.74, 6) is 1.96. The Bertz CT molecular complexity index is 448. The molecule has 0 atom stereocenters. The van der Waals surface area contributed by atoms with Crippen molar-refractivity contribution in [3.05, 3.63) is 17.2 Å². The summed E-state index contributed by atoms with van der Waals surface area (Å²) in [5.41, 5.74) is 2.77. The van der Waals surface area contributed by atoms with E-state index >= 15 is 0 Å². The molecule has 0 fully saturated rings. The molecular weight excluding hydrogens is 260 g/mol. The number of imidazole rings is 1. The fourth-order valence-electron chi connectivity index (χ4n) is 2.95. The molecular formula is C17H32N4. The van der Waals surface area contributed by atoms with Crippen LogP contribution in [-0.4, -0.2) is 40.6 Å². The number of fused-ring (bicyclic) bond motifs is 1. The first-order valence-electron chi connectivity index (χ1n) is 8.47. The second kappa shape index (κ2) is 7.41. The Labute approximate surface area is 129 Å². The van der Waals surface area contributed by atoms with Gasteiger partial charge >= 0.3 is 0 Å². The fraction of sp³-hybridized carbons (Fsp3) is 0.824. The van der Waals surface area contributed by atoms with Crippen molar-refractivity contribution in [1.82, 2.24) is 19.8 Å². The Morgan fingerprint density at radius 3 is 2.71 bits per heavy atom. The number of hydrogen-bond acceptors (Lipinski definition) is 3. The second-order valence-electron chi connectivity index (χ2n) is 7.03. The van der Waals surface area contributed by atoms with Crippen LogP contribution in [0.15, 0.2) is 0 Å². The van der Waals surface area contributed by atoms with Crippen molar-refractivity contribution < 1.29 is 0 Å². The summed E-state index contributed by atoms with van der Waals surface area (Å²) in [4.78, 5) is 7.33. The van der Waals surface area contributed by atoms with Crippen molar-refractivity contribution in [1.29, 1.82) is 0 Å². The molecule has 0 radical (unpaired) electrons. The largest absolute Gasteiger partial charge is 0.332 e. The van der Waals surface area contributed by atoms with E-state index in [0.29, 0.717) is 12.0 Å². The lowest BCUT2D eigenvalue weighted by molar-refractivity contribution is 0.264. The van der Waals surface area contributed by atoms with E-state index in [1.165, 1.54) is 23.6 Å². The number of nitrogens with zero attached hydrogens (tertiary/aromatic N) is 3. The zero-order valence-electron chi connectivity index (χ0n) is 14.4. The Hall–Kier alpha value is -0.870. The maximum atomic E-state index is 4.91. The molecule has 2 rings (SSSR count). The third kappa shape index (κ3) is 4.30. The van der Waals surface area contributed by atoms with Crippen LogP contribution in [-0.2, 0) is 25.9 Å². The predicted octanol–water partition coefficient (Wildman–Crippen LogP) is 2.46. The lowest BCUT2D eigenvalue weighted by Crippen LogP contribution is -2.29. The molecule has 4 heteroatoms. The van der Waals surface area contributed by atoms with E-state index < -0.39 is 0 Å². The third-order valence-corrected chi connectivity index (χ3v) is 4.43. The summed E-state index contributed by atoms with van der Waals surface area (Å²) in [6, 6.07) is 0.626. The molecule has 0 aliphatic carbocycles. The molecule has 1 aromatic rings. The standard InChI is InChI=1S/C17H32N4/c1-13(2)11-17-19-15-12-18-8-7-16(15)21(17)10-6-9-20(5)14(3)4/h13-14,18H,6-12H2,1-5H3. The van der Waals surface area contributed by atoms with E-state index in [0.717, 1.165) is 39.0 Å². The minimum Gasteiger partial charge on any atom is -0.332 e. The van der Waals surface area contributed by atoms with Gasteiger partial charge in [-0.05, 0) is 39.8 Å². The highest BCUT2D eigenvalue weighted by molar-refractivity contribution is 5.20. The van der Waals surface area contributed by atoms with Crippen LogP contribution in [0.25, 0.3) is 0 Å². The van der Waals surface area contributed by atoms with Gasteiger partial charge in [-0.1, -0.05) is 13.8 Å². The van der Waals surface area contributed by atoms with Crippen molar-refractivity contribution >= 4 is 0 Å². The van der Waals surface area contributed by atoms with Crippen molar-refractivity contribution in [3.8, 4) is 0 Å². The molecule has 0 spiro atoms. The first-order chi connectivity index (χ1) is 9.99. The van der Waals surface area contributed by atoms with E-state index in [1.54, 1.807) is 0 Å². The van der Waals surface area contributed by atoms with E-state index in [2.05, 4.69) is 49.5 Å². The Morgan fingerprint density at radius 1 is 1.29 bits per heavy atom. The van der Waals surface area contributed by atoms with Crippen LogP contribution in [0.4, 0.5) is 0 Å². The minimum absolute atomic E-state index is 0.626. The molecule has 0 saturated heterocycles. The first-order valence-corrected chi connectivity index (χ1v) is 8.47. The molecule has 21 heavy (non-hydrogen) atoms. The van der Waals surface area contributed by atoms with Crippen LogP contribution in [0.1, 0.15) is 51.3 Å². The van der Waals surface area contributed by atoms with Gasteiger partial charge in [0.25, 0.3) is 0 Å². The summed E-state index contributed by atoms with van der Waals surface area (Å²) in [5, 5.41) is 3.44. The third-order valence-electron chi connectivity index (χ3n) is 4.43. The smallest absolute Gasteiger partial charge is 0.109 e. The summed E-state index contributed by atoms with van der Waals surface area (Å²) in [6.07, 6.45) is 3.42. The van der Waals surface area contributed by atoms with Crippen LogP contribution < -0.4 is 5.32 Å². The van der Waals surface area contributed by atoms with Gasteiger partial charge in [0.15, 0.2) is 0 Å². The average molecular weight is 292 g/mol. The molecule has 0 amide bonds. The molecule has 1 aliphatic heterocycles. The zero-order chi connectivity index (χ0) is 15.4. The van der Waals surface area contributed by atoms with E-state index in [1.807, 2.05) is 0 Å². The number of rotatable bonds is 7. The van der Waals surface area contributed by atoms with Gasteiger partial charge in [0.2, 0.25) is 0 Å². The minimum atomic E-state index is 0.626. The van der Waals surface area contributed by atoms with Gasteiger partial charge in [-0.25, -0.2) is 4.98 Å². The van der Waals surface area contributed by atoms with Gasteiger partial charge < -0.3 is 14.8 Å². The number of nitrogens with one attached hydrogen (secondary N) is 1. The van der Waals surface area contributed by atoms with Crippen LogP contribution in [0.2, 0.25) is 0 Å². The van der Waals surface area contributed by atoms with Crippen molar-refractivity contribution in [2.75, 3.05) is 20.1 Å². The highest BCUT2D eigenvalue weighted by atomic mass is 15.1. The van der Waals surface area contributed by atoms with E-state index in [4.69, 9.17) is 4.98 Å². The van der Waals surface area contributed by atoms with Gasteiger partial charge in [0, 0.05) is 44.2 Å². The quantitative estimate of drug-likeness (QED) is 0.838.